The summed E-state index contributed by atoms with van der Waals surface area (Å²) in [6, 6.07) is 15.6. The number of fused-ring (bicyclic) bond motifs is 1. The van der Waals surface area contributed by atoms with E-state index in [1.165, 1.54) is 26.4 Å². The largest absolute Gasteiger partial charge is 0.493 e. The summed E-state index contributed by atoms with van der Waals surface area (Å²) in [6.45, 7) is 1.74. The van der Waals surface area contributed by atoms with Crippen molar-refractivity contribution in [3.8, 4) is 11.5 Å². The van der Waals surface area contributed by atoms with Crippen LogP contribution in [-0.4, -0.2) is 43.5 Å². The number of rotatable bonds is 10. The van der Waals surface area contributed by atoms with Gasteiger partial charge >= 0.3 is 0 Å². The summed E-state index contributed by atoms with van der Waals surface area (Å²) < 4.78 is 10.3. The Morgan fingerprint density at radius 3 is 2.38 bits per heavy atom. The Labute approximate surface area is 197 Å². The molecular formula is C25H27N3O6. The van der Waals surface area contributed by atoms with Crippen molar-refractivity contribution in [2.75, 3.05) is 20.8 Å². The highest BCUT2D eigenvalue weighted by molar-refractivity contribution is 5.92. The van der Waals surface area contributed by atoms with Crippen LogP contribution in [0.3, 0.4) is 0 Å². The normalized spacial score (nSPS) is 11.5. The number of hydrogen-bond donors (Lipinski definition) is 2. The molecule has 9 heteroatoms. The zero-order valence-electron chi connectivity index (χ0n) is 19.3. The predicted molar refractivity (Wildman–Crippen MR) is 128 cm³/mol. The Hall–Kier alpha value is -4.14. The van der Waals surface area contributed by atoms with Gasteiger partial charge < -0.3 is 20.1 Å². The molecule has 0 fully saturated rings. The zero-order chi connectivity index (χ0) is 24.7. The van der Waals surface area contributed by atoms with Gasteiger partial charge in [0.15, 0.2) is 11.5 Å². The van der Waals surface area contributed by atoms with E-state index in [4.69, 9.17) is 9.47 Å². The average Bonchev–Trinajstić information content (AvgIpc) is 2.83. The summed E-state index contributed by atoms with van der Waals surface area (Å²) in [7, 11) is 2.84. The molecule has 3 aromatic carbocycles. The second-order valence-corrected chi connectivity index (χ2v) is 7.74. The molecule has 1 atom stereocenters. The van der Waals surface area contributed by atoms with Gasteiger partial charge in [-0.3, -0.25) is 19.7 Å². The molecule has 178 valence electrons. The van der Waals surface area contributed by atoms with Crippen molar-refractivity contribution in [3.63, 3.8) is 0 Å². The number of benzene rings is 3. The lowest BCUT2D eigenvalue weighted by molar-refractivity contribution is -0.385. The van der Waals surface area contributed by atoms with Crippen LogP contribution < -0.4 is 20.1 Å². The van der Waals surface area contributed by atoms with Gasteiger partial charge in [0.1, 0.15) is 6.04 Å². The highest BCUT2D eigenvalue weighted by Gasteiger charge is 2.20. The van der Waals surface area contributed by atoms with Crippen molar-refractivity contribution in [3.05, 3.63) is 75.8 Å². The Bertz CT molecular complexity index is 1210. The number of ether oxygens (including phenoxy) is 2. The molecule has 0 saturated heterocycles. The third-order valence-electron chi connectivity index (χ3n) is 5.48. The molecule has 0 aliphatic heterocycles. The number of nitrogens with one attached hydrogen (secondary N) is 2. The summed E-state index contributed by atoms with van der Waals surface area (Å²) in [5, 5.41) is 18.9. The molecule has 0 aliphatic carbocycles. The van der Waals surface area contributed by atoms with Gasteiger partial charge in [0.05, 0.1) is 31.6 Å². The standard InChI is InChI=1S/C25H27N3O6/c1-16(27-24(29)14-18-9-6-8-17-7-4-5-10-20(17)18)25(30)26-12-11-19-13-22(33-2)23(34-3)15-21(19)28(31)32/h4-10,13,15-16H,11-12,14H2,1-3H3,(H,26,30)(H,27,29)/t16-/m0/s1. The highest BCUT2D eigenvalue weighted by atomic mass is 16.6. The van der Waals surface area contributed by atoms with Crippen LogP contribution in [0.2, 0.25) is 0 Å². The van der Waals surface area contributed by atoms with Crippen LogP contribution in [0.1, 0.15) is 18.1 Å². The Kier molecular flexibility index (Phi) is 8.02. The van der Waals surface area contributed by atoms with Crippen molar-refractivity contribution in [2.24, 2.45) is 0 Å². The molecule has 2 amide bonds. The highest BCUT2D eigenvalue weighted by Crippen LogP contribution is 2.34. The average molecular weight is 466 g/mol. The van der Waals surface area contributed by atoms with Crippen molar-refractivity contribution in [2.45, 2.75) is 25.8 Å². The Morgan fingerprint density at radius 1 is 1.00 bits per heavy atom. The monoisotopic (exact) mass is 465 g/mol. The number of hydrogen-bond acceptors (Lipinski definition) is 6. The molecule has 2 N–H and O–H groups in total. The maximum Gasteiger partial charge on any atom is 0.276 e. The van der Waals surface area contributed by atoms with Crippen LogP contribution in [-0.2, 0) is 22.4 Å². The van der Waals surface area contributed by atoms with Crippen LogP contribution in [0.4, 0.5) is 5.69 Å². The van der Waals surface area contributed by atoms with Gasteiger partial charge in [-0.25, -0.2) is 0 Å². The molecular weight excluding hydrogens is 438 g/mol. The molecule has 3 rings (SSSR count). The van der Waals surface area contributed by atoms with Crippen molar-refractivity contribution >= 4 is 28.3 Å². The summed E-state index contributed by atoms with van der Waals surface area (Å²) in [5.41, 5.74) is 1.16. The molecule has 0 aromatic heterocycles. The molecule has 0 spiro atoms. The van der Waals surface area contributed by atoms with Crippen LogP contribution in [0.25, 0.3) is 10.8 Å². The maximum absolute atomic E-state index is 12.5. The fraction of sp³-hybridized carbons (Fsp3) is 0.280. The lowest BCUT2D eigenvalue weighted by Gasteiger charge is -2.15. The molecule has 0 radical (unpaired) electrons. The van der Waals surface area contributed by atoms with Crippen LogP contribution in [0.15, 0.2) is 54.6 Å². The van der Waals surface area contributed by atoms with E-state index in [0.29, 0.717) is 11.3 Å². The van der Waals surface area contributed by atoms with Crippen LogP contribution in [0.5, 0.6) is 11.5 Å². The van der Waals surface area contributed by atoms with E-state index in [0.717, 1.165) is 16.3 Å². The second-order valence-electron chi connectivity index (χ2n) is 7.74. The molecule has 0 saturated carbocycles. The van der Waals surface area contributed by atoms with E-state index in [1.54, 1.807) is 6.92 Å². The minimum absolute atomic E-state index is 0.122. The SMILES string of the molecule is COc1cc(CCNC(=O)[C@H](C)NC(=O)Cc2cccc3ccccc23)c([N+](=O)[O-])cc1OC. The predicted octanol–water partition coefficient (Wildman–Crippen LogP) is 3.17. The number of nitro benzene ring substituents is 1. The van der Waals surface area contributed by atoms with Crippen LogP contribution >= 0.6 is 0 Å². The molecule has 0 aliphatic rings. The minimum Gasteiger partial charge on any atom is -0.493 e. The van der Waals surface area contributed by atoms with E-state index in [9.17, 15) is 19.7 Å². The maximum atomic E-state index is 12.5. The van der Waals surface area contributed by atoms with E-state index in [1.807, 2.05) is 42.5 Å². The fourth-order valence-corrected chi connectivity index (χ4v) is 3.73. The molecule has 0 heterocycles. The van der Waals surface area contributed by atoms with E-state index >= 15 is 0 Å². The summed E-state index contributed by atoms with van der Waals surface area (Å²) >= 11 is 0. The Balaban J connectivity index is 1.57. The number of nitro groups is 1. The van der Waals surface area contributed by atoms with Crippen molar-refractivity contribution in [1.29, 1.82) is 0 Å². The van der Waals surface area contributed by atoms with Gasteiger partial charge in [0, 0.05) is 12.1 Å². The molecule has 9 nitrogen and oxygen atoms in total. The van der Waals surface area contributed by atoms with Gasteiger partial charge in [0.25, 0.3) is 5.69 Å². The van der Waals surface area contributed by atoms with Gasteiger partial charge in [-0.15, -0.1) is 0 Å². The molecule has 3 aromatic rings. The molecule has 0 bridgehead atoms. The third kappa shape index (κ3) is 5.80. The lowest BCUT2D eigenvalue weighted by atomic mass is 10.0. The van der Waals surface area contributed by atoms with Crippen LogP contribution in [0, 0.1) is 10.1 Å². The van der Waals surface area contributed by atoms with Gasteiger partial charge in [-0.1, -0.05) is 42.5 Å². The van der Waals surface area contributed by atoms with Gasteiger partial charge in [-0.05, 0) is 35.7 Å². The third-order valence-corrected chi connectivity index (χ3v) is 5.48. The van der Waals surface area contributed by atoms with E-state index in [-0.39, 0.29) is 42.6 Å². The smallest absolute Gasteiger partial charge is 0.276 e. The van der Waals surface area contributed by atoms with Crippen molar-refractivity contribution in [1.82, 2.24) is 10.6 Å². The lowest BCUT2D eigenvalue weighted by Crippen LogP contribution is -2.45. The quantitative estimate of drug-likeness (QED) is 0.351. The first-order valence-corrected chi connectivity index (χ1v) is 10.8. The zero-order valence-corrected chi connectivity index (χ0v) is 19.3. The fourth-order valence-electron chi connectivity index (χ4n) is 3.73. The minimum atomic E-state index is -0.761. The number of nitrogens with zero attached hydrogens (tertiary/aromatic N) is 1. The number of carbonyl (C=O) groups is 2. The van der Waals surface area contributed by atoms with Gasteiger partial charge in [-0.2, -0.15) is 0 Å². The second kappa shape index (κ2) is 11.1. The summed E-state index contributed by atoms with van der Waals surface area (Å²) in [5.74, 6) is -0.0306. The first kappa shape index (κ1) is 24.5. The summed E-state index contributed by atoms with van der Waals surface area (Å²) in [6.07, 6.45) is 0.357. The first-order valence-electron chi connectivity index (χ1n) is 10.8. The first-order chi connectivity index (χ1) is 16.3. The number of amides is 2. The van der Waals surface area contributed by atoms with E-state index in [2.05, 4.69) is 10.6 Å². The number of carbonyl (C=O) groups excluding carboxylic acids is 2. The summed E-state index contributed by atoms with van der Waals surface area (Å²) in [4.78, 5) is 35.9. The van der Waals surface area contributed by atoms with Gasteiger partial charge in [0.2, 0.25) is 11.8 Å². The van der Waals surface area contributed by atoms with Crippen molar-refractivity contribution < 1.29 is 24.0 Å². The van der Waals surface area contributed by atoms with E-state index < -0.39 is 11.0 Å². The molecule has 34 heavy (non-hydrogen) atoms. The topological polar surface area (TPSA) is 120 Å². The number of methoxy groups -OCH3 is 2. The molecule has 0 unspecified atom stereocenters. The Morgan fingerprint density at radius 2 is 1.68 bits per heavy atom.